The van der Waals surface area contributed by atoms with E-state index in [0.29, 0.717) is 12.4 Å². The van der Waals surface area contributed by atoms with Gasteiger partial charge in [0.05, 0.1) is 11.6 Å². The fraction of sp³-hybridized carbons (Fsp3) is 0.182. The van der Waals surface area contributed by atoms with Crippen LogP contribution < -0.4 is 10.5 Å². The molecule has 0 atom stereocenters. The zero-order valence-electron chi connectivity index (χ0n) is 9.93. The molecule has 0 amide bonds. The van der Waals surface area contributed by atoms with E-state index in [1.807, 2.05) is 0 Å². The highest BCUT2D eigenvalue weighted by molar-refractivity contribution is 7.89. The molecule has 6 nitrogen and oxygen atoms in total. The van der Waals surface area contributed by atoms with E-state index in [1.54, 1.807) is 24.5 Å². The van der Waals surface area contributed by atoms with E-state index in [4.69, 9.17) is 17.3 Å². The van der Waals surface area contributed by atoms with Gasteiger partial charge in [0.25, 0.3) is 0 Å². The molecule has 102 valence electrons. The van der Waals surface area contributed by atoms with Gasteiger partial charge >= 0.3 is 0 Å². The van der Waals surface area contributed by atoms with Crippen LogP contribution in [0.25, 0.3) is 0 Å². The number of sulfonamides is 1. The zero-order valence-corrected chi connectivity index (χ0v) is 11.5. The highest BCUT2D eigenvalue weighted by atomic mass is 35.5. The van der Waals surface area contributed by atoms with Crippen molar-refractivity contribution in [3.8, 4) is 0 Å². The Bertz CT molecular complexity index is 655. The molecule has 19 heavy (non-hydrogen) atoms. The number of benzene rings is 1. The summed E-state index contributed by atoms with van der Waals surface area (Å²) in [6.07, 6.45) is 3.17. The van der Waals surface area contributed by atoms with Crippen molar-refractivity contribution < 1.29 is 8.42 Å². The van der Waals surface area contributed by atoms with Gasteiger partial charge in [-0.15, -0.1) is 0 Å². The molecule has 1 aromatic heterocycles. The predicted octanol–water partition coefficient (Wildman–Crippen LogP) is 1.00. The number of imidazole rings is 1. The van der Waals surface area contributed by atoms with Crippen molar-refractivity contribution >= 4 is 21.6 Å². The number of hydrogen-bond acceptors (Lipinski definition) is 4. The second-order valence-corrected chi connectivity index (χ2v) is 5.97. The van der Waals surface area contributed by atoms with Gasteiger partial charge in [-0.25, -0.2) is 18.1 Å². The standard InChI is InChI=1S/C11H13ClN4O2S/c12-9-5-8(6-13)1-2-10(9)19(17,18)16-7-11-14-3-4-15-11/h1-5,16H,6-7,13H2,(H,14,15). The van der Waals surface area contributed by atoms with Crippen molar-refractivity contribution in [2.45, 2.75) is 18.0 Å². The molecule has 0 unspecified atom stereocenters. The lowest BCUT2D eigenvalue weighted by Gasteiger charge is -2.08. The average molecular weight is 301 g/mol. The van der Waals surface area contributed by atoms with Gasteiger partial charge in [0.2, 0.25) is 10.0 Å². The third-order valence-electron chi connectivity index (χ3n) is 2.51. The Labute approximate surface area is 116 Å². The Morgan fingerprint density at radius 3 is 2.79 bits per heavy atom. The number of aromatic amines is 1. The molecule has 0 radical (unpaired) electrons. The quantitative estimate of drug-likeness (QED) is 0.767. The van der Waals surface area contributed by atoms with E-state index in [9.17, 15) is 8.42 Å². The minimum atomic E-state index is -3.67. The number of nitrogens with two attached hydrogens (primary N) is 1. The Morgan fingerprint density at radius 2 is 2.21 bits per heavy atom. The van der Waals surface area contributed by atoms with Crippen LogP contribution in [0, 0.1) is 0 Å². The largest absolute Gasteiger partial charge is 0.347 e. The fourth-order valence-corrected chi connectivity index (χ4v) is 3.08. The summed E-state index contributed by atoms with van der Waals surface area (Å²) >= 11 is 5.96. The summed E-state index contributed by atoms with van der Waals surface area (Å²) < 4.78 is 26.6. The van der Waals surface area contributed by atoms with Crippen LogP contribution in [0.3, 0.4) is 0 Å². The third-order valence-corrected chi connectivity index (χ3v) is 4.39. The number of nitrogens with zero attached hydrogens (tertiary/aromatic N) is 1. The van der Waals surface area contributed by atoms with Crippen molar-refractivity contribution in [3.05, 3.63) is 47.0 Å². The van der Waals surface area contributed by atoms with Gasteiger partial charge in [0.15, 0.2) is 0 Å². The van der Waals surface area contributed by atoms with Gasteiger partial charge in [-0.1, -0.05) is 17.7 Å². The zero-order chi connectivity index (χ0) is 13.9. The second-order valence-electron chi connectivity index (χ2n) is 3.83. The number of nitrogens with one attached hydrogen (secondary N) is 2. The van der Waals surface area contributed by atoms with Crippen molar-refractivity contribution in [2.24, 2.45) is 5.73 Å². The van der Waals surface area contributed by atoms with Crippen molar-refractivity contribution in [3.63, 3.8) is 0 Å². The molecule has 0 aliphatic carbocycles. The third kappa shape index (κ3) is 3.32. The molecule has 0 bridgehead atoms. The minimum absolute atomic E-state index is 0.0259. The first-order chi connectivity index (χ1) is 9.03. The van der Waals surface area contributed by atoms with Crippen LogP contribution in [0.2, 0.25) is 5.02 Å². The van der Waals surface area contributed by atoms with Crippen LogP contribution in [0.15, 0.2) is 35.5 Å². The average Bonchev–Trinajstić information content (AvgIpc) is 2.89. The van der Waals surface area contributed by atoms with Crippen molar-refractivity contribution in [1.29, 1.82) is 0 Å². The lowest BCUT2D eigenvalue weighted by atomic mass is 10.2. The van der Waals surface area contributed by atoms with Gasteiger partial charge in [0, 0.05) is 18.9 Å². The summed E-state index contributed by atoms with van der Waals surface area (Å²) in [5.41, 5.74) is 6.24. The van der Waals surface area contributed by atoms with E-state index in [0.717, 1.165) is 5.56 Å². The topological polar surface area (TPSA) is 101 Å². The molecule has 4 N–H and O–H groups in total. The summed E-state index contributed by atoms with van der Waals surface area (Å²) in [6, 6.07) is 4.62. The molecule has 2 rings (SSSR count). The number of aromatic nitrogens is 2. The van der Waals surface area contributed by atoms with Crippen LogP contribution in [-0.2, 0) is 23.1 Å². The Balaban J connectivity index is 2.19. The molecule has 1 aromatic carbocycles. The van der Waals surface area contributed by atoms with Crippen molar-refractivity contribution in [1.82, 2.24) is 14.7 Å². The van der Waals surface area contributed by atoms with Crippen molar-refractivity contribution in [2.75, 3.05) is 0 Å². The van der Waals surface area contributed by atoms with Gasteiger partial charge in [-0.2, -0.15) is 0 Å². The van der Waals surface area contributed by atoms with Gasteiger partial charge in [-0.05, 0) is 17.7 Å². The van der Waals surface area contributed by atoms with E-state index in [-0.39, 0.29) is 16.5 Å². The lowest BCUT2D eigenvalue weighted by molar-refractivity contribution is 0.579. The van der Waals surface area contributed by atoms with E-state index >= 15 is 0 Å². The smallest absolute Gasteiger partial charge is 0.242 e. The molecule has 0 aliphatic heterocycles. The summed E-state index contributed by atoms with van der Waals surface area (Å²) in [5.74, 6) is 0.526. The summed E-state index contributed by atoms with van der Waals surface area (Å²) in [5, 5.41) is 0.148. The van der Waals surface area contributed by atoms with E-state index < -0.39 is 10.0 Å². The van der Waals surface area contributed by atoms with E-state index in [1.165, 1.54) is 6.07 Å². The normalized spacial score (nSPS) is 11.7. The monoisotopic (exact) mass is 300 g/mol. The maximum absolute atomic E-state index is 12.1. The molecule has 2 aromatic rings. The Kier molecular flexibility index (Phi) is 4.20. The first kappa shape index (κ1) is 14.0. The SMILES string of the molecule is NCc1ccc(S(=O)(=O)NCc2ncc[nH]2)c(Cl)c1. The Hall–Kier alpha value is -1.41. The summed E-state index contributed by atoms with van der Waals surface area (Å²) in [7, 11) is -3.67. The molecule has 8 heteroatoms. The molecule has 0 aliphatic rings. The number of H-pyrrole nitrogens is 1. The van der Waals surface area contributed by atoms with Crippen LogP contribution in [0.1, 0.15) is 11.4 Å². The molecule has 0 saturated carbocycles. The molecule has 1 heterocycles. The molecule has 0 spiro atoms. The molecular weight excluding hydrogens is 288 g/mol. The number of halogens is 1. The second kappa shape index (κ2) is 5.70. The highest BCUT2D eigenvalue weighted by Crippen LogP contribution is 2.22. The van der Waals surface area contributed by atoms with Gasteiger partial charge < -0.3 is 10.7 Å². The summed E-state index contributed by atoms with van der Waals surface area (Å²) in [6.45, 7) is 0.379. The maximum Gasteiger partial charge on any atom is 0.242 e. The number of hydrogen-bond donors (Lipinski definition) is 3. The molecular formula is C11H13ClN4O2S. The summed E-state index contributed by atoms with van der Waals surface area (Å²) in [4.78, 5) is 6.76. The first-order valence-electron chi connectivity index (χ1n) is 5.49. The fourth-order valence-electron chi connectivity index (χ4n) is 1.53. The van der Waals surface area contributed by atoms with Gasteiger partial charge in [0.1, 0.15) is 10.7 Å². The van der Waals surface area contributed by atoms with Crippen LogP contribution >= 0.6 is 11.6 Å². The lowest BCUT2D eigenvalue weighted by Crippen LogP contribution is -2.24. The molecule has 0 fully saturated rings. The maximum atomic E-state index is 12.1. The first-order valence-corrected chi connectivity index (χ1v) is 7.35. The number of rotatable bonds is 5. The highest BCUT2D eigenvalue weighted by Gasteiger charge is 2.18. The van der Waals surface area contributed by atoms with Crippen LogP contribution in [-0.4, -0.2) is 18.4 Å². The van der Waals surface area contributed by atoms with Gasteiger partial charge in [-0.3, -0.25) is 0 Å². The van der Waals surface area contributed by atoms with Crippen LogP contribution in [0.4, 0.5) is 0 Å². The minimum Gasteiger partial charge on any atom is -0.347 e. The van der Waals surface area contributed by atoms with E-state index in [2.05, 4.69) is 14.7 Å². The van der Waals surface area contributed by atoms with Crippen LogP contribution in [0.5, 0.6) is 0 Å². The Morgan fingerprint density at radius 1 is 1.42 bits per heavy atom. The predicted molar refractivity (Wildman–Crippen MR) is 72.0 cm³/mol. The molecule has 0 saturated heterocycles.